The molecule has 0 fully saturated rings. The Bertz CT molecular complexity index is 619. The molecule has 20 heavy (non-hydrogen) atoms. The highest BCUT2D eigenvalue weighted by Gasteiger charge is 2.13. The summed E-state index contributed by atoms with van der Waals surface area (Å²) < 4.78 is 20.2. The zero-order chi connectivity index (χ0) is 14.7. The Balaban J connectivity index is 2.30. The maximum Gasteiger partial charge on any atom is 0.148 e. The van der Waals surface area contributed by atoms with E-state index in [0.717, 1.165) is 10.0 Å². The lowest BCUT2D eigenvalue weighted by Gasteiger charge is -2.22. The van der Waals surface area contributed by atoms with Gasteiger partial charge in [0.1, 0.15) is 11.6 Å². The summed E-state index contributed by atoms with van der Waals surface area (Å²) in [5, 5.41) is 0. The lowest BCUT2D eigenvalue weighted by atomic mass is 10.2. The monoisotopic (exact) mass is 338 g/mol. The summed E-state index contributed by atoms with van der Waals surface area (Å²) in [5.41, 5.74) is 7.51. The van der Waals surface area contributed by atoms with E-state index in [1.54, 1.807) is 6.07 Å². The molecule has 0 aliphatic rings. The van der Waals surface area contributed by atoms with Crippen LogP contribution in [0.15, 0.2) is 40.9 Å². The van der Waals surface area contributed by atoms with Crippen molar-refractivity contribution in [1.82, 2.24) is 0 Å². The van der Waals surface area contributed by atoms with Crippen LogP contribution in [0.25, 0.3) is 0 Å². The highest BCUT2D eigenvalue weighted by molar-refractivity contribution is 9.10. The van der Waals surface area contributed by atoms with E-state index in [1.807, 2.05) is 36.2 Å². The molecule has 3 nitrogen and oxygen atoms in total. The summed E-state index contributed by atoms with van der Waals surface area (Å²) in [5.74, 6) is 0.109. The molecule has 0 saturated carbocycles. The van der Waals surface area contributed by atoms with E-state index in [4.69, 9.17) is 10.5 Å². The molecule has 2 aromatic rings. The van der Waals surface area contributed by atoms with Crippen molar-refractivity contribution in [2.75, 3.05) is 24.8 Å². The van der Waals surface area contributed by atoms with E-state index in [9.17, 15) is 4.39 Å². The minimum atomic E-state index is -0.363. The summed E-state index contributed by atoms with van der Waals surface area (Å²) in [6.45, 7) is 0.575. The van der Waals surface area contributed by atoms with Gasteiger partial charge in [-0.05, 0) is 11.6 Å². The van der Waals surface area contributed by atoms with E-state index in [0.29, 0.717) is 23.7 Å². The summed E-state index contributed by atoms with van der Waals surface area (Å²) in [7, 11) is 3.34. The fourth-order valence-electron chi connectivity index (χ4n) is 1.99. The predicted molar refractivity (Wildman–Crippen MR) is 83.6 cm³/mol. The SMILES string of the molecule is COc1cc(N(C)Cc2ccccc2Br)c(F)cc1N. The fourth-order valence-corrected chi connectivity index (χ4v) is 2.40. The topological polar surface area (TPSA) is 38.5 Å². The van der Waals surface area contributed by atoms with Crippen molar-refractivity contribution in [3.05, 3.63) is 52.3 Å². The van der Waals surface area contributed by atoms with Crippen molar-refractivity contribution >= 4 is 27.3 Å². The normalized spacial score (nSPS) is 10.4. The number of halogens is 2. The van der Waals surface area contributed by atoms with Gasteiger partial charge in [0.05, 0.1) is 18.5 Å². The largest absolute Gasteiger partial charge is 0.495 e. The number of methoxy groups -OCH3 is 1. The Labute approximate surface area is 126 Å². The van der Waals surface area contributed by atoms with Crippen LogP contribution >= 0.6 is 15.9 Å². The Morgan fingerprint density at radius 2 is 2.00 bits per heavy atom. The molecule has 0 heterocycles. The van der Waals surface area contributed by atoms with E-state index in [1.165, 1.54) is 13.2 Å². The highest BCUT2D eigenvalue weighted by Crippen LogP contribution is 2.31. The minimum absolute atomic E-state index is 0.294. The molecule has 0 aliphatic carbocycles. The van der Waals surface area contributed by atoms with Gasteiger partial charge < -0.3 is 15.4 Å². The van der Waals surface area contributed by atoms with Crippen LogP contribution in [0.5, 0.6) is 5.75 Å². The zero-order valence-corrected chi connectivity index (χ0v) is 12.9. The third kappa shape index (κ3) is 3.04. The van der Waals surface area contributed by atoms with E-state index >= 15 is 0 Å². The van der Waals surface area contributed by atoms with Crippen molar-refractivity contribution in [2.24, 2.45) is 0 Å². The second-order valence-corrected chi connectivity index (χ2v) is 5.35. The molecule has 5 heteroatoms. The van der Waals surface area contributed by atoms with Gasteiger partial charge in [-0.15, -0.1) is 0 Å². The lowest BCUT2D eigenvalue weighted by Crippen LogP contribution is -2.18. The predicted octanol–water partition coefficient (Wildman–Crippen LogP) is 3.82. The zero-order valence-electron chi connectivity index (χ0n) is 11.4. The molecule has 0 saturated heterocycles. The van der Waals surface area contributed by atoms with Gasteiger partial charge in [-0.25, -0.2) is 4.39 Å². The van der Waals surface area contributed by atoms with E-state index in [2.05, 4.69) is 15.9 Å². The first-order chi connectivity index (χ1) is 9.52. The average molecular weight is 339 g/mol. The first kappa shape index (κ1) is 14.7. The van der Waals surface area contributed by atoms with Crippen LogP contribution in [-0.4, -0.2) is 14.2 Å². The fraction of sp³-hybridized carbons (Fsp3) is 0.200. The Hall–Kier alpha value is -1.75. The van der Waals surface area contributed by atoms with Crippen LogP contribution in [0, 0.1) is 5.82 Å². The van der Waals surface area contributed by atoms with Crippen LogP contribution in [0.2, 0.25) is 0 Å². The molecule has 2 rings (SSSR count). The maximum atomic E-state index is 14.0. The minimum Gasteiger partial charge on any atom is -0.495 e. The molecule has 0 spiro atoms. The first-order valence-corrected chi connectivity index (χ1v) is 6.89. The molecule has 0 bridgehead atoms. The summed E-state index contributed by atoms with van der Waals surface area (Å²) in [6.07, 6.45) is 0. The number of nitrogens with two attached hydrogens (primary N) is 1. The van der Waals surface area contributed by atoms with E-state index in [-0.39, 0.29) is 5.82 Å². The molecular formula is C15H16BrFN2O. The molecule has 0 aromatic heterocycles. The van der Waals surface area contributed by atoms with E-state index < -0.39 is 0 Å². The number of hydrogen-bond donors (Lipinski definition) is 1. The summed E-state index contributed by atoms with van der Waals surface area (Å²) >= 11 is 3.49. The van der Waals surface area contributed by atoms with Gasteiger partial charge >= 0.3 is 0 Å². The maximum absolute atomic E-state index is 14.0. The van der Waals surface area contributed by atoms with Gasteiger partial charge in [0.15, 0.2) is 0 Å². The number of anilines is 2. The third-order valence-electron chi connectivity index (χ3n) is 3.08. The molecule has 2 N–H and O–H groups in total. The van der Waals surface area contributed by atoms with Crippen molar-refractivity contribution in [1.29, 1.82) is 0 Å². The van der Waals surface area contributed by atoms with Gasteiger partial charge in [-0.2, -0.15) is 0 Å². The molecule has 0 aliphatic heterocycles. The number of benzene rings is 2. The van der Waals surface area contributed by atoms with Crippen LogP contribution in [-0.2, 0) is 6.54 Å². The van der Waals surface area contributed by atoms with Crippen molar-refractivity contribution in [3.63, 3.8) is 0 Å². The summed E-state index contributed by atoms with van der Waals surface area (Å²) in [6, 6.07) is 10.7. The van der Waals surface area contributed by atoms with Crippen LogP contribution in [0.3, 0.4) is 0 Å². The molecule has 0 radical (unpaired) electrons. The van der Waals surface area contributed by atoms with Gasteiger partial charge in [-0.1, -0.05) is 34.1 Å². The lowest BCUT2D eigenvalue weighted by molar-refractivity contribution is 0.416. The standard InChI is InChI=1S/C15H16BrFN2O/c1-19(9-10-5-3-4-6-11(10)16)14-8-15(20-2)13(18)7-12(14)17/h3-8H,9,18H2,1-2H3. The molecular weight excluding hydrogens is 323 g/mol. The number of ether oxygens (including phenoxy) is 1. The van der Waals surface area contributed by atoms with Gasteiger partial charge in [0.2, 0.25) is 0 Å². The Kier molecular flexibility index (Phi) is 4.49. The van der Waals surface area contributed by atoms with Crippen LogP contribution in [0.4, 0.5) is 15.8 Å². The smallest absolute Gasteiger partial charge is 0.148 e. The van der Waals surface area contributed by atoms with Crippen LogP contribution < -0.4 is 15.4 Å². The second kappa shape index (κ2) is 6.13. The molecule has 0 unspecified atom stereocenters. The number of nitrogens with zero attached hydrogens (tertiary/aromatic N) is 1. The van der Waals surface area contributed by atoms with Gasteiger partial charge in [0.25, 0.3) is 0 Å². The highest BCUT2D eigenvalue weighted by atomic mass is 79.9. The number of nitrogen functional groups attached to an aromatic ring is 1. The van der Waals surface area contributed by atoms with Crippen LogP contribution in [0.1, 0.15) is 5.56 Å². The van der Waals surface area contributed by atoms with Gasteiger partial charge in [0, 0.05) is 30.2 Å². The Morgan fingerprint density at radius 3 is 2.65 bits per heavy atom. The quantitative estimate of drug-likeness (QED) is 0.861. The first-order valence-electron chi connectivity index (χ1n) is 6.10. The average Bonchev–Trinajstić information content (AvgIpc) is 2.41. The third-order valence-corrected chi connectivity index (χ3v) is 3.85. The van der Waals surface area contributed by atoms with Crippen molar-refractivity contribution in [2.45, 2.75) is 6.54 Å². The van der Waals surface area contributed by atoms with Crippen molar-refractivity contribution in [3.8, 4) is 5.75 Å². The molecule has 0 amide bonds. The second-order valence-electron chi connectivity index (χ2n) is 4.49. The molecule has 106 valence electrons. The number of hydrogen-bond acceptors (Lipinski definition) is 3. The molecule has 0 atom stereocenters. The summed E-state index contributed by atoms with van der Waals surface area (Å²) in [4.78, 5) is 1.82. The Morgan fingerprint density at radius 1 is 1.30 bits per heavy atom. The van der Waals surface area contributed by atoms with Gasteiger partial charge in [-0.3, -0.25) is 0 Å². The molecule has 2 aromatic carbocycles. The number of rotatable bonds is 4. The van der Waals surface area contributed by atoms with Crippen molar-refractivity contribution < 1.29 is 9.13 Å².